The minimum absolute atomic E-state index is 0.0207. The monoisotopic (exact) mass is 288 g/mol. The third-order valence-electron chi connectivity index (χ3n) is 3.04. The molecule has 0 aromatic heterocycles. The van der Waals surface area contributed by atoms with E-state index >= 15 is 0 Å². The molecule has 0 saturated carbocycles. The Morgan fingerprint density at radius 3 is 2.70 bits per heavy atom. The number of hydrogen-bond donors (Lipinski definition) is 2. The van der Waals surface area contributed by atoms with Crippen LogP contribution in [0.3, 0.4) is 0 Å². The summed E-state index contributed by atoms with van der Waals surface area (Å²) in [4.78, 5) is 24.2. The number of urea groups is 1. The maximum atomic E-state index is 12.1. The van der Waals surface area contributed by atoms with Crippen molar-refractivity contribution in [3.63, 3.8) is 0 Å². The van der Waals surface area contributed by atoms with Crippen LogP contribution in [0, 0.1) is 0 Å². The molecular formula is C13H24N2O5. The summed E-state index contributed by atoms with van der Waals surface area (Å²) in [7, 11) is 0. The number of carboxylic acid groups (broad SMARTS) is 1. The van der Waals surface area contributed by atoms with Crippen molar-refractivity contribution < 1.29 is 24.2 Å². The minimum atomic E-state index is -0.845. The van der Waals surface area contributed by atoms with Gasteiger partial charge in [-0.2, -0.15) is 0 Å². The van der Waals surface area contributed by atoms with Crippen LogP contribution >= 0.6 is 0 Å². The third-order valence-corrected chi connectivity index (χ3v) is 3.04. The molecule has 0 spiro atoms. The predicted octanol–water partition coefficient (Wildman–Crippen LogP) is 0.687. The van der Waals surface area contributed by atoms with E-state index in [0.717, 1.165) is 0 Å². The van der Waals surface area contributed by atoms with Crippen LogP contribution in [-0.4, -0.2) is 67.1 Å². The lowest BCUT2D eigenvalue weighted by molar-refractivity contribution is -0.137. The summed E-state index contributed by atoms with van der Waals surface area (Å²) in [5.41, 5.74) is 0. The molecule has 1 unspecified atom stereocenters. The molecule has 1 aliphatic heterocycles. The number of ether oxygens (including phenoxy) is 2. The molecule has 1 aliphatic rings. The molecular weight excluding hydrogens is 264 g/mol. The van der Waals surface area contributed by atoms with Gasteiger partial charge in [0.2, 0.25) is 0 Å². The van der Waals surface area contributed by atoms with Gasteiger partial charge < -0.3 is 24.8 Å². The van der Waals surface area contributed by atoms with E-state index < -0.39 is 5.97 Å². The van der Waals surface area contributed by atoms with Crippen LogP contribution in [0.15, 0.2) is 0 Å². The van der Waals surface area contributed by atoms with Gasteiger partial charge in [-0.25, -0.2) is 4.79 Å². The number of aliphatic carboxylic acids is 1. The first-order chi connectivity index (χ1) is 9.50. The average Bonchev–Trinajstić information content (AvgIpc) is 2.41. The molecule has 0 aromatic carbocycles. The lowest BCUT2D eigenvalue weighted by atomic mass is 10.2. The standard InChI is InChI=1S/C13H24N2O5/c1-10(2)15(5-3-4-12(16)17)13(18)14-8-11-9-19-6-7-20-11/h10-11H,3-9H2,1-2H3,(H,14,18)(H,16,17). The van der Waals surface area contributed by atoms with Crippen molar-refractivity contribution in [1.29, 1.82) is 0 Å². The Kier molecular flexibility index (Phi) is 7.32. The first-order valence-electron chi connectivity index (χ1n) is 6.96. The van der Waals surface area contributed by atoms with Crippen molar-refractivity contribution in [3.8, 4) is 0 Å². The molecule has 0 aromatic rings. The Bertz CT molecular complexity index is 316. The fraction of sp³-hybridized carbons (Fsp3) is 0.846. The molecule has 0 radical (unpaired) electrons. The van der Waals surface area contributed by atoms with Crippen molar-refractivity contribution in [2.45, 2.75) is 38.8 Å². The van der Waals surface area contributed by atoms with E-state index in [4.69, 9.17) is 14.6 Å². The zero-order chi connectivity index (χ0) is 15.0. The second-order valence-electron chi connectivity index (χ2n) is 5.04. The maximum Gasteiger partial charge on any atom is 0.317 e. The van der Waals surface area contributed by atoms with Crippen LogP contribution in [0.25, 0.3) is 0 Å². The molecule has 1 atom stereocenters. The summed E-state index contributed by atoms with van der Waals surface area (Å²) < 4.78 is 10.7. The highest BCUT2D eigenvalue weighted by Crippen LogP contribution is 2.04. The summed E-state index contributed by atoms with van der Waals surface area (Å²) in [6.07, 6.45) is 0.404. The van der Waals surface area contributed by atoms with Gasteiger partial charge in [0, 0.05) is 25.6 Å². The summed E-state index contributed by atoms with van der Waals surface area (Å²) in [6.45, 7) is 6.27. The Labute approximate surface area is 119 Å². The van der Waals surface area contributed by atoms with Crippen LogP contribution < -0.4 is 5.32 Å². The van der Waals surface area contributed by atoms with E-state index in [0.29, 0.717) is 39.3 Å². The molecule has 7 nitrogen and oxygen atoms in total. The van der Waals surface area contributed by atoms with Gasteiger partial charge in [-0.15, -0.1) is 0 Å². The summed E-state index contributed by atoms with van der Waals surface area (Å²) in [6, 6.07) is -0.174. The zero-order valence-corrected chi connectivity index (χ0v) is 12.1. The van der Waals surface area contributed by atoms with Crippen LogP contribution in [0.2, 0.25) is 0 Å². The molecule has 7 heteroatoms. The lowest BCUT2D eigenvalue weighted by Crippen LogP contribution is -2.48. The molecule has 1 heterocycles. The van der Waals surface area contributed by atoms with Crippen molar-refractivity contribution >= 4 is 12.0 Å². The smallest absolute Gasteiger partial charge is 0.317 e. The Morgan fingerprint density at radius 2 is 2.15 bits per heavy atom. The molecule has 20 heavy (non-hydrogen) atoms. The molecule has 1 rings (SSSR count). The zero-order valence-electron chi connectivity index (χ0n) is 12.1. The van der Waals surface area contributed by atoms with Gasteiger partial charge in [0.25, 0.3) is 0 Å². The van der Waals surface area contributed by atoms with Gasteiger partial charge in [0.05, 0.1) is 25.9 Å². The largest absolute Gasteiger partial charge is 0.481 e. The van der Waals surface area contributed by atoms with E-state index in [2.05, 4.69) is 5.32 Å². The van der Waals surface area contributed by atoms with Crippen molar-refractivity contribution in [2.75, 3.05) is 32.9 Å². The number of carboxylic acids is 1. The predicted molar refractivity (Wildman–Crippen MR) is 72.7 cm³/mol. The van der Waals surface area contributed by atoms with Gasteiger partial charge in [0.15, 0.2) is 0 Å². The van der Waals surface area contributed by atoms with E-state index in [-0.39, 0.29) is 24.6 Å². The Morgan fingerprint density at radius 1 is 1.40 bits per heavy atom. The van der Waals surface area contributed by atoms with Crippen LogP contribution in [0.4, 0.5) is 4.79 Å². The topological polar surface area (TPSA) is 88.1 Å². The van der Waals surface area contributed by atoms with Gasteiger partial charge in [0.1, 0.15) is 0 Å². The molecule has 1 saturated heterocycles. The van der Waals surface area contributed by atoms with Crippen molar-refractivity contribution in [1.82, 2.24) is 10.2 Å². The average molecular weight is 288 g/mol. The highest BCUT2D eigenvalue weighted by Gasteiger charge is 2.20. The van der Waals surface area contributed by atoms with E-state index in [1.807, 2.05) is 13.8 Å². The summed E-state index contributed by atoms with van der Waals surface area (Å²) in [5.74, 6) is -0.845. The molecule has 116 valence electrons. The van der Waals surface area contributed by atoms with Gasteiger partial charge in [-0.05, 0) is 20.3 Å². The molecule has 0 aliphatic carbocycles. The first kappa shape index (κ1) is 16.7. The quantitative estimate of drug-likeness (QED) is 0.719. The molecule has 0 bridgehead atoms. The van der Waals surface area contributed by atoms with Crippen LogP contribution in [0.5, 0.6) is 0 Å². The van der Waals surface area contributed by atoms with Crippen molar-refractivity contribution in [3.05, 3.63) is 0 Å². The SMILES string of the molecule is CC(C)N(CCCC(=O)O)C(=O)NCC1COCCO1. The van der Waals surface area contributed by atoms with Gasteiger partial charge in [-0.1, -0.05) is 0 Å². The van der Waals surface area contributed by atoms with Crippen LogP contribution in [-0.2, 0) is 14.3 Å². The minimum Gasteiger partial charge on any atom is -0.481 e. The third kappa shape index (κ3) is 6.21. The van der Waals surface area contributed by atoms with E-state index in [9.17, 15) is 9.59 Å². The van der Waals surface area contributed by atoms with Gasteiger partial charge in [-0.3, -0.25) is 4.79 Å². The van der Waals surface area contributed by atoms with Gasteiger partial charge >= 0.3 is 12.0 Å². The number of hydrogen-bond acceptors (Lipinski definition) is 4. The molecule has 2 N–H and O–H groups in total. The fourth-order valence-electron chi connectivity index (χ4n) is 1.95. The number of carbonyl (C=O) groups excluding carboxylic acids is 1. The number of rotatable bonds is 7. The summed E-state index contributed by atoms with van der Waals surface area (Å²) >= 11 is 0. The second-order valence-corrected chi connectivity index (χ2v) is 5.04. The normalized spacial score (nSPS) is 18.9. The number of carbonyl (C=O) groups is 2. The highest BCUT2D eigenvalue weighted by molar-refractivity contribution is 5.74. The fourth-order valence-corrected chi connectivity index (χ4v) is 1.95. The van der Waals surface area contributed by atoms with E-state index in [1.165, 1.54) is 0 Å². The first-order valence-corrected chi connectivity index (χ1v) is 6.96. The van der Waals surface area contributed by atoms with E-state index in [1.54, 1.807) is 4.90 Å². The number of amides is 2. The Hall–Kier alpha value is -1.34. The highest BCUT2D eigenvalue weighted by atomic mass is 16.6. The summed E-state index contributed by atoms with van der Waals surface area (Å²) in [5, 5.41) is 11.4. The maximum absolute atomic E-state index is 12.1. The lowest BCUT2D eigenvalue weighted by Gasteiger charge is -2.29. The van der Waals surface area contributed by atoms with Crippen LogP contribution in [0.1, 0.15) is 26.7 Å². The molecule has 2 amide bonds. The van der Waals surface area contributed by atoms with Crippen molar-refractivity contribution in [2.24, 2.45) is 0 Å². The number of nitrogens with one attached hydrogen (secondary N) is 1. The molecule has 1 fully saturated rings. The second kappa shape index (κ2) is 8.76. The Balaban J connectivity index is 2.32. The number of nitrogens with zero attached hydrogens (tertiary/aromatic N) is 1.